The first kappa shape index (κ1) is 27.5. The highest BCUT2D eigenvalue weighted by Crippen LogP contribution is 2.29. The first-order valence-corrected chi connectivity index (χ1v) is 12.8. The van der Waals surface area contributed by atoms with E-state index in [1.165, 1.54) is 81.0 Å². The second-order valence-electron chi connectivity index (χ2n) is 9.31. The van der Waals surface area contributed by atoms with E-state index in [9.17, 15) is 19.8 Å². The molecule has 8 heteroatoms. The van der Waals surface area contributed by atoms with Gasteiger partial charge in [-0.1, -0.05) is 90.4 Å². The molecule has 8 nitrogen and oxygen atoms in total. The molecule has 2 rings (SSSR count). The van der Waals surface area contributed by atoms with Gasteiger partial charge in [-0.3, -0.25) is 9.36 Å². The minimum atomic E-state index is -1.17. The van der Waals surface area contributed by atoms with Gasteiger partial charge >= 0.3 is 5.69 Å². The summed E-state index contributed by atoms with van der Waals surface area (Å²) in [5.74, 6) is -0.434. The van der Waals surface area contributed by atoms with Crippen LogP contribution >= 0.6 is 0 Å². The first-order valence-electron chi connectivity index (χ1n) is 12.8. The Kier molecular flexibility index (Phi) is 12.6. The average Bonchev–Trinajstić information content (AvgIpc) is 3.17. The topological polar surface area (TPSA) is 128 Å². The van der Waals surface area contributed by atoms with Gasteiger partial charge in [0.15, 0.2) is 5.78 Å². The van der Waals surface area contributed by atoms with Gasteiger partial charge in [-0.25, -0.2) is 4.79 Å². The molecule has 1 saturated heterocycles. The summed E-state index contributed by atoms with van der Waals surface area (Å²) in [6.45, 7) is 2.24. The molecule has 1 aromatic heterocycles. The van der Waals surface area contributed by atoms with Gasteiger partial charge in [-0.2, -0.15) is 4.98 Å². The molecule has 1 aromatic rings. The van der Waals surface area contributed by atoms with Crippen molar-refractivity contribution in [1.29, 1.82) is 0 Å². The summed E-state index contributed by atoms with van der Waals surface area (Å²) >= 11 is 0. The van der Waals surface area contributed by atoms with Crippen molar-refractivity contribution < 1.29 is 19.7 Å². The van der Waals surface area contributed by atoms with Gasteiger partial charge in [-0.05, 0) is 12.5 Å². The third-order valence-corrected chi connectivity index (χ3v) is 6.45. The molecule has 2 heterocycles. The van der Waals surface area contributed by atoms with Crippen LogP contribution in [0, 0.1) is 0 Å². The van der Waals surface area contributed by atoms with Gasteiger partial charge in [0.1, 0.15) is 24.3 Å². The predicted molar refractivity (Wildman–Crippen MR) is 129 cm³/mol. The van der Waals surface area contributed by atoms with Gasteiger partial charge < -0.3 is 20.7 Å². The van der Waals surface area contributed by atoms with E-state index >= 15 is 0 Å². The molecule has 0 aromatic carbocycles. The zero-order valence-corrected chi connectivity index (χ0v) is 20.2. The predicted octanol–water partition coefficient (Wildman–Crippen LogP) is 3.89. The largest absolute Gasteiger partial charge is 0.390 e. The Morgan fingerprint density at radius 3 is 2.18 bits per heavy atom. The Morgan fingerprint density at radius 2 is 1.64 bits per heavy atom. The maximum atomic E-state index is 12.6. The Labute approximate surface area is 197 Å². The van der Waals surface area contributed by atoms with Crippen molar-refractivity contribution in [3.05, 3.63) is 22.7 Å². The molecule has 0 bridgehead atoms. The van der Waals surface area contributed by atoms with E-state index < -0.39 is 36.0 Å². The third-order valence-electron chi connectivity index (χ3n) is 6.45. The van der Waals surface area contributed by atoms with Gasteiger partial charge in [-0.15, -0.1) is 0 Å². The third kappa shape index (κ3) is 9.55. The molecule has 188 valence electrons. The van der Waals surface area contributed by atoms with Crippen molar-refractivity contribution in [3.63, 3.8) is 0 Å². The second kappa shape index (κ2) is 15.2. The number of ether oxygens (including phenoxy) is 1. The number of carbonyl (C=O) groups excluding carboxylic acids is 1. The van der Waals surface area contributed by atoms with Crippen molar-refractivity contribution in [1.82, 2.24) is 9.55 Å². The van der Waals surface area contributed by atoms with E-state index in [0.717, 1.165) is 19.3 Å². The molecule has 1 aliphatic rings. The van der Waals surface area contributed by atoms with E-state index in [1.807, 2.05) is 0 Å². The number of rotatable bonds is 17. The standard InChI is InChI=1S/C25H43N3O5/c1-2-3-4-5-6-7-8-9-10-11-12-13-14-15-19(29)23(31)24-20(30)18-22(33-24)28-17-16-21(26)27-25(28)32/h16-17,19-20,22,24,29-30H,2-15,18H2,1H3,(H2,26,27,32)/t19?,20-,22+,24-/m0/s1. The number of aliphatic hydroxyl groups is 2. The summed E-state index contributed by atoms with van der Waals surface area (Å²) in [5.41, 5.74) is 4.89. The SMILES string of the molecule is CCCCCCCCCCCCCCCC(O)C(=O)[C@H]1O[C@@H](n2ccc(N)nc2=O)C[C@@H]1O. The van der Waals surface area contributed by atoms with Crippen LogP contribution in [0.25, 0.3) is 0 Å². The Bertz CT molecular complexity index is 754. The number of hydrogen-bond acceptors (Lipinski definition) is 7. The normalized spacial score (nSPS) is 21.4. The van der Waals surface area contributed by atoms with Gasteiger partial charge in [0.05, 0.1) is 6.10 Å². The minimum absolute atomic E-state index is 0.0768. The lowest BCUT2D eigenvalue weighted by Gasteiger charge is -2.18. The number of aliphatic hydroxyl groups excluding tert-OH is 2. The minimum Gasteiger partial charge on any atom is -0.390 e. The van der Waals surface area contributed by atoms with Gasteiger partial charge in [0, 0.05) is 12.6 Å². The molecule has 4 atom stereocenters. The molecule has 1 aliphatic heterocycles. The van der Waals surface area contributed by atoms with Crippen LogP contribution in [0.1, 0.15) is 109 Å². The molecular weight excluding hydrogens is 422 g/mol. The molecule has 0 saturated carbocycles. The molecule has 0 amide bonds. The fourth-order valence-corrected chi connectivity index (χ4v) is 4.41. The highest BCUT2D eigenvalue weighted by atomic mass is 16.5. The van der Waals surface area contributed by atoms with Crippen LogP contribution in [0.2, 0.25) is 0 Å². The van der Waals surface area contributed by atoms with Crippen LogP contribution in [0.15, 0.2) is 17.1 Å². The van der Waals surface area contributed by atoms with Crippen molar-refractivity contribution in [2.24, 2.45) is 0 Å². The number of nitrogen functional groups attached to an aromatic ring is 1. The molecule has 4 N–H and O–H groups in total. The quantitative estimate of drug-likeness (QED) is 0.298. The van der Waals surface area contributed by atoms with Crippen molar-refractivity contribution in [2.75, 3.05) is 5.73 Å². The summed E-state index contributed by atoms with van der Waals surface area (Å²) in [6, 6.07) is 1.45. The first-order chi connectivity index (χ1) is 15.9. The van der Waals surface area contributed by atoms with Crippen molar-refractivity contribution >= 4 is 11.6 Å². The maximum absolute atomic E-state index is 12.6. The number of anilines is 1. The lowest BCUT2D eigenvalue weighted by Crippen LogP contribution is -2.38. The van der Waals surface area contributed by atoms with E-state index in [4.69, 9.17) is 10.5 Å². The number of hydrogen-bond donors (Lipinski definition) is 3. The highest BCUT2D eigenvalue weighted by molar-refractivity contribution is 5.88. The van der Waals surface area contributed by atoms with E-state index in [0.29, 0.717) is 6.42 Å². The Hall–Kier alpha value is -1.77. The number of unbranched alkanes of at least 4 members (excludes halogenated alkanes) is 12. The van der Waals surface area contributed by atoms with Crippen LogP contribution in [0.5, 0.6) is 0 Å². The van der Waals surface area contributed by atoms with Crippen LogP contribution in [-0.4, -0.2) is 43.9 Å². The summed E-state index contributed by atoms with van der Waals surface area (Å²) in [4.78, 5) is 28.2. The molecule has 1 fully saturated rings. The van der Waals surface area contributed by atoms with Crippen molar-refractivity contribution in [3.8, 4) is 0 Å². The number of nitrogens with zero attached hydrogens (tertiary/aromatic N) is 2. The number of nitrogens with two attached hydrogens (primary N) is 1. The molecule has 33 heavy (non-hydrogen) atoms. The van der Waals surface area contributed by atoms with E-state index in [1.54, 1.807) is 0 Å². The van der Waals surface area contributed by atoms with Crippen LogP contribution in [0.3, 0.4) is 0 Å². The van der Waals surface area contributed by atoms with Gasteiger partial charge in [0.2, 0.25) is 0 Å². The molecule has 0 aliphatic carbocycles. The summed E-state index contributed by atoms with van der Waals surface area (Å²) in [6.07, 6.45) is 13.7. The van der Waals surface area contributed by atoms with E-state index in [2.05, 4.69) is 11.9 Å². The summed E-state index contributed by atoms with van der Waals surface area (Å²) in [5, 5.41) is 20.5. The highest BCUT2D eigenvalue weighted by Gasteiger charge is 2.41. The number of aromatic nitrogens is 2. The van der Waals surface area contributed by atoms with Gasteiger partial charge in [0.25, 0.3) is 0 Å². The fourth-order valence-electron chi connectivity index (χ4n) is 4.41. The lowest BCUT2D eigenvalue weighted by molar-refractivity contribution is -0.144. The molecular formula is C25H43N3O5. The van der Waals surface area contributed by atoms with E-state index in [-0.39, 0.29) is 12.2 Å². The maximum Gasteiger partial charge on any atom is 0.351 e. The van der Waals surface area contributed by atoms with Crippen LogP contribution in [-0.2, 0) is 9.53 Å². The van der Waals surface area contributed by atoms with Crippen molar-refractivity contribution in [2.45, 2.75) is 128 Å². The molecule has 0 radical (unpaired) electrons. The number of ketones is 1. The lowest BCUT2D eigenvalue weighted by atomic mass is 9.99. The average molecular weight is 466 g/mol. The number of Topliss-reactive ketones (excluding diaryl/α,β-unsaturated/α-hetero) is 1. The summed E-state index contributed by atoms with van der Waals surface area (Å²) < 4.78 is 6.80. The summed E-state index contributed by atoms with van der Waals surface area (Å²) in [7, 11) is 0. The zero-order valence-electron chi connectivity index (χ0n) is 20.2. The fraction of sp³-hybridized carbons (Fsp3) is 0.800. The Balaban J connectivity index is 1.57. The molecule has 0 spiro atoms. The monoisotopic (exact) mass is 465 g/mol. The van der Waals surface area contributed by atoms with Crippen LogP contribution < -0.4 is 11.4 Å². The smallest absolute Gasteiger partial charge is 0.351 e. The second-order valence-corrected chi connectivity index (χ2v) is 9.31. The zero-order chi connectivity index (χ0) is 24.1. The van der Waals surface area contributed by atoms with Crippen LogP contribution in [0.4, 0.5) is 5.82 Å². The Morgan fingerprint density at radius 1 is 1.09 bits per heavy atom. The number of carbonyl (C=O) groups is 1. The molecule has 1 unspecified atom stereocenters.